The van der Waals surface area contributed by atoms with E-state index < -0.39 is 12.6 Å². The van der Waals surface area contributed by atoms with Crippen LogP contribution >= 0.6 is 0 Å². The molecule has 1 atom stereocenters. The maximum Gasteiger partial charge on any atom is 0.251 e. The number of benzene rings is 2. The number of aromatic nitrogens is 1. The summed E-state index contributed by atoms with van der Waals surface area (Å²) in [5, 5.41) is 2.79. The molecule has 0 aliphatic carbocycles. The number of carbonyl (C=O) groups is 1. The number of hydrogen-bond acceptors (Lipinski definition) is 6. The monoisotopic (exact) mass is 512 g/mol. The number of nitrogens with zero attached hydrogens (tertiary/aromatic N) is 2. The predicted molar refractivity (Wildman–Crippen MR) is 135 cm³/mol. The van der Waals surface area contributed by atoms with E-state index in [1.165, 1.54) is 30.5 Å². The zero-order valence-electron chi connectivity index (χ0n) is 20.3. The summed E-state index contributed by atoms with van der Waals surface area (Å²) in [7, 11) is 0. The Morgan fingerprint density at radius 1 is 1.30 bits per heavy atom. The van der Waals surface area contributed by atoms with E-state index in [1.54, 1.807) is 12.1 Å². The predicted octanol–water partition coefficient (Wildman–Crippen LogP) is 4.98. The molecule has 3 N–H and O–H groups in total. The second-order valence-corrected chi connectivity index (χ2v) is 8.74. The summed E-state index contributed by atoms with van der Waals surface area (Å²) in [5.74, 6) is -0.254. The third kappa shape index (κ3) is 6.02. The molecule has 1 aliphatic heterocycles. The topological polar surface area (TPSA) is 98.8 Å². The van der Waals surface area contributed by atoms with Gasteiger partial charge in [0.2, 0.25) is 0 Å². The van der Waals surface area contributed by atoms with Crippen LogP contribution in [0, 0.1) is 5.82 Å². The molecule has 0 saturated carbocycles. The van der Waals surface area contributed by atoms with Crippen LogP contribution in [0.5, 0.6) is 11.5 Å². The quantitative estimate of drug-likeness (QED) is 0.227. The fourth-order valence-electron chi connectivity index (χ4n) is 4.03. The minimum absolute atomic E-state index is 0.0185. The molecule has 0 fully saturated rings. The number of ether oxygens (including phenoxy) is 1. The van der Waals surface area contributed by atoms with Crippen molar-refractivity contribution in [1.82, 2.24) is 10.3 Å². The molecule has 2 aromatic carbocycles. The Morgan fingerprint density at radius 3 is 2.81 bits per heavy atom. The number of amides is 1. The van der Waals surface area contributed by atoms with Crippen molar-refractivity contribution in [2.45, 2.75) is 25.7 Å². The van der Waals surface area contributed by atoms with E-state index in [4.69, 9.17) is 15.5 Å². The molecule has 1 aromatic heterocycles. The highest BCUT2D eigenvalue weighted by Crippen LogP contribution is 2.41. The van der Waals surface area contributed by atoms with Crippen molar-refractivity contribution in [2.75, 3.05) is 32.1 Å². The second-order valence-electron chi connectivity index (χ2n) is 8.74. The summed E-state index contributed by atoms with van der Waals surface area (Å²) >= 11 is 0. The first kappa shape index (κ1) is 26.0. The number of alkyl halides is 1. The number of carbonyl (C=O) groups excluding carboxylic acids is 1. The molecule has 7 nitrogen and oxygen atoms in total. The van der Waals surface area contributed by atoms with Crippen LogP contribution in [0.4, 0.5) is 19.0 Å². The molecule has 0 spiro atoms. The minimum Gasteiger partial charge on any atom is -0.490 e. The van der Waals surface area contributed by atoms with Crippen LogP contribution in [-0.4, -0.2) is 43.5 Å². The molecule has 1 aliphatic rings. The Morgan fingerprint density at radius 2 is 2.08 bits per heavy atom. The lowest BCUT2D eigenvalue weighted by molar-refractivity contribution is -0.00529. The number of halogens is 3. The number of nitrogen functional groups attached to an aromatic ring is 1. The highest BCUT2D eigenvalue weighted by atomic mass is 19.3. The molecule has 0 bridgehead atoms. The third-order valence-corrected chi connectivity index (χ3v) is 6.02. The number of nitrogens with two attached hydrogens (primary N) is 1. The molecule has 3 aromatic rings. The van der Waals surface area contributed by atoms with E-state index in [2.05, 4.69) is 22.2 Å². The van der Waals surface area contributed by atoms with E-state index >= 15 is 0 Å². The van der Waals surface area contributed by atoms with E-state index in [0.717, 1.165) is 16.8 Å². The van der Waals surface area contributed by atoms with Crippen molar-refractivity contribution in [1.29, 1.82) is 0 Å². The van der Waals surface area contributed by atoms with Gasteiger partial charge < -0.3 is 15.8 Å². The largest absolute Gasteiger partial charge is 0.490 e. The van der Waals surface area contributed by atoms with Crippen LogP contribution in [0.2, 0.25) is 0 Å². The van der Waals surface area contributed by atoms with E-state index in [9.17, 15) is 18.1 Å². The van der Waals surface area contributed by atoms with Gasteiger partial charge in [-0.05, 0) is 48.9 Å². The van der Waals surface area contributed by atoms with Crippen LogP contribution in [0.3, 0.4) is 0 Å². The van der Waals surface area contributed by atoms with Crippen molar-refractivity contribution >= 4 is 17.8 Å². The molecular weight excluding hydrogens is 485 g/mol. The summed E-state index contributed by atoms with van der Waals surface area (Å²) in [6.07, 6.45) is 2.02. The van der Waals surface area contributed by atoms with Gasteiger partial charge >= 0.3 is 0 Å². The first-order chi connectivity index (χ1) is 17.9. The summed E-state index contributed by atoms with van der Waals surface area (Å²) in [6, 6.07) is 10.7. The van der Waals surface area contributed by atoms with E-state index in [-0.39, 0.29) is 53.8 Å². The van der Waals surface area contributed by atoms with Gasteiger partial charge in [0.1, 0.15) is 17.3 Å². The number of pyridine rings is 1. The average molecular weight is 513 g/mol. The molecule has 0 radical (unpaired) electrons. The Bertz CT molecular complexity index is 1300. The van der Waals surface area contributed by atoms with Gasteiger partial charge in [0.05, 0.1) is 19.0 Å². The highest BCUT2D eigenvalue weighted by Gasteiger charge is 2.26. The second kappa shape index (κ2) is 11.8. The Labute approximate surface area is 212 Å². The summed E-state index contributed by atoms with van der Waals surface area (Å²) in [4.78, 5) is 25.4. The molecule has 37 heavy (non-hydrogen) atoms. The zero-order valence-corrected chi connectivity index (χ0v) is 20.3. The van der Waals surface area contributed by atoms with Crippen LogP contribution in [0.1, 0.15) is 46.4 Å². The van der Waals surface area contributed by atoms with Gasteiger partial charge in [0.25, 0.3) is 5.91 Å². The Balaban J connectivity index is 1.49. The van der Waals surface area contributed by atoms with Gasteiger partial charge in [-0.3, -0.25) is 19.1 Å². The lowest BCUT2D eigenvalue weighted by atomic mass is 9.99. The summed E-state index contributed by atoms with van der Waals surface area (Å²) in [5.41, 5.74) is 9.39. The fourth-order valence-corrected chi connectivity index (χ4v) is 4.03. The normalized spacial score (nSPS) is 14.4. The number of fused-ring (bicyclic) bond motifs is 1. The van der Waals surface area contributed by atoms with Crippen LogP contribution in [0.25, 0.3) is 11.3 Å². The molecule has 4 rings (SSSR count). The first-order valence-corrected chi connectivity index (χ1v) is 11.9. The number of hydrogen-bond donors (Lipinski definition) is 2. The number of rotatable bonds is 10. The van der Waals surface area contributed by atoms with Crippen molar-refractivity contribution < 1.29 is 27.8 Å². The first-order valence-electron chi connectivity index (χ1n) is 11.9. The fraction of sp³-hybridized carbons (Fsp3) is 0.296. The molecular formula is C27H27F3N4O3. The van der Waals surface area contributed by atoms with Crippen LogP contribution in [0.15, 0.2) is 47.5 Å². The highest BCUT2D eigenvalue weighted by molar-refractivity contribution is 5.99. The maximum atomic E-state index is 13.4. The van der Waals surface area contributed by atoms with Gasteiger partial charge in [-0.15, -0.1) is 0 Å². The minimum atomic E-state index is -0.509. The van der Waals surface area contributed by atoms with Crippen LogP contribution < -0.4 is 20.7 Å². The molecule has 2 heterocycles. The van der Waals surface area contributed by atoms with Crippen molar-refractivity contribution in [2.24, 2.45) is 4.99 Å². The molecule has 194 valence electrons. The summed E-state index contributed by atoms with van der Waals surface area (Å²) in [6.45, 7) is 2.55. The standard InChI is InChI=1S/C27H27F3N4O3/c1-16-15-36-26-22(16)13-21(34-25(26)17-3-5-20(29)6-4-17)7-10-33-27(35)18-11-19(14-32-9-2-8-28)24(31)23(12-18)37-30/h3-6,11-14,16H,2,7-10,15,31H2,1H3,(H,33,35). The smallest absolute Gasteiger partial charge is 0.251 e. The van der Waals surface area contributed by atoms with Gasteiger partial charge in [0.15, 0.2) is 5.75 Å². The van der Waals surface area contributed by atoms with Crippen molar-refractivity contribution in [3.63, 3.8) is 0 Å². The lowest BCUT2D eigenvalue weighted by Crippen LogP contribution is -2.26. The number of anilines is 1. The van der Waals surface area contributed by atoms with Crippen molar-refractivity contribution in [3.05, 3.63) is 70.7 Å². The Hall–Kier alpha value is -4.08. The van der Waals surface area contributed by atoms with E-state index in [1.807, 2.05) is 6.07 Å². The van der Waals surface area contributed by atoms with Gasteiger partial charge in [-0.2, -0.15) is 0 Å². The molecule has 10 heteroatoms. The average Bonchev–Trinajstić information content (AvgIpc) is 3.28. The van der Waals surface area contributed by atoms with Crippen molar-refractivity contribution in [3.8, 4) is 22.8 Å². The molecule has 1 amide bonds. The van der Waals surface area contributed by atoms with E-state index in [0.29, 0.717) is 24.5 Å². The number of nitrogens with one attached hydrogen (secondary N) is 1. The summed E-state index contributed by atoms with van der Waals surface area (Å²) < 4.78 is 44.6. The van der Waals surface area contributed by atoms with Gasteiger partial charge in [-0.1, -0.05) is 6.92 Å². The Kier molecular flexibility index (Phi) is 8.27. The third-order valence-electron chi connectivity index (χ3n) is 6.02. The lowest BCUT2D eigenvalue weighted by Gasteiger charge is -2.12. The van der Waals surface area contributed by atoms with Gasteiger partial charge in [-0.25, -0.2) is 9.37 Å². The number of aliphatic imine (C=N–C) groups is 1. The van der Waals surface area contributed by atoms with Gasteiger partial charge in [0, 0.05) is 64.1 Å². The SMILES string of the molecule is CC1COc2c1cc(CCNC(=O)c1cc(C=NCCCF)c(N)c(OF)c1)nc2-c1ccc(F)cc1. The molecule has 0 saturated heterocycles. The maximum absolute atomic E-state index is 13.4. The zero-order chi connectivity index (χ0) is 26.4. The molecule has 1 unspecified atom stereocenters. The van der Waals surface area contributed by atoms with Crippen LogP contribution in [-0.2, 0) is 6.42 Å².